The number of nitrogens with zero attached hydrogens (tertiary/aromatic N) is 3. The van der Waals surface area contributed by atoms with Gasteiger partial charge in [-0.3, -0.25) is 4.79 Å². The van der Waals surface area contributed by atoms with Crippen LogP contribution in [-0.2, 0) is 11.3 Å². The molecule has 0 bridgehead atoms. The lowest BCUT2D eigenvalue weighted by molar-refractivity contribution is 0.0586. The third-order valence-corrected chi connectivity index (χ3v) is 2.49. The molecule has 1 aromatic carbocycles. The Balaban J connectivity index is 2.10. The summed E-state index contributed by atoms with van der Waals surface area (Å²) in [4.78, 5) is 25.9. The summed E-state index contributed by atoms with van der Waals surface area (Å²) < 4.78 is 6.02. The summed E-state index contributed by atoms with van der Waals surface area (Å²) in [6, 6.07) is 6.80. The summed E-state index contributed by atoms with van der Waals surface area (Å²) in [5.41, 5.74) is 6.50. The summed E-state index contributed by atoms with van der Waals surface area (Å²) in [5, 5.41) is 3.97. The Morgan fingerprint density at radius 1 is 1.32 bits per heavy atom. The third-order valence-electron chi connectivity index (χ3n) is 2.49. The van der Waals surface area contributed by atoms with Gasteiger partial charge in [-0.2, -0.15) is 0 Å². The molecule has 0 saturated carbocycles. The second kappa shape index (κ2) is 5.30. The van der Waals surface area contributed by atoms with Crippen LogP contribution >= 0.6 is 0 Å². The summed E-state index contributed by atoms with van der Waals surface area (Å²) in [6.45, 7) is 0.434. The van der Waals surface area contributed by atoms with E-state index in [0.717, 1.165) is 5.56 Å². The average Bonchev–Trinajstić information content (AvgIpc) is 2.87. The minimum absolute atomic E-state index is 0.0104. The van der Waals surface area contributed by atoms with E-state index in [0.29, 0.717) is 12.1 Å². The van der Waals surface area contributed by atoms with Crippen LogP contribution in [-0.4, -0.2) is 33.8 Å². The molecular formula is C12H12N4O3. The van der Waals surface area contributed by atoms with Gasteiger partial charge in [-0.15, -0.1) is 5.10 Å². The topological polar surface area (TPSA) is 100 Å². The minimum Gasteiger partial charge on any atom is -0.463 e. The first-order valence-electron chi connectivity index (χ1n) is 5.46. The molecule has 7 heteroatoms. The first kappa shape index (κ1) is 12.7. The molecular weight excluding hydrogens is 248 g/mol. The molecule has 0 spiro atoms. The van der Waals surface area contributed by atoms with E-state index in [1.807, 2.05) is 0 Å². The van der Waals surface area contributed by atoms with Crippen LogP contribution in [0.25, 0.3) is 0 Å². The van der Waals surface area contributed by atoms with E-state index in [1.165, 1.54) is 18.1 Å². The van der Waals surface area contributed by atoms with E-state index in [9.17, 15) is 9.59 Å². The van der Waals surface area contributed by atoms with Crippen LogP contribution in [0.4, 0.5) is 0 Å². The molecule has 19 heavy (non-hydrogen) atoms. The minimum atomic E-state index is -0.581. The Hall–Kier alpha value is -2.70. The zero-order chi connectivity index (χ0) is 13.8. The van der Waals surface area contributed by atoms with Crippen molar-refractivity contribution in [2.45, 2.75) is 6.54 Å². The van der Waals surface area contributed by atoms with Gasteiger partial charge < -0.3 is 10.5 Å². The normalized spacial score (nSPS) is 10.2. The number of esters is 1. The lowest BCUT2D eigenvalue weighted by Gasteiger charge is -2.02. The van der Waals surface area contributed by atoms with E-state index in [-0.39, 0.29) is 5.82 Å². The zero-order valence-corrected chi connectivity index (χ0v) is 10.2. The Morgan fingerprint density at radius 3 is 2.58 bits per heavy atom. The maximum absolute atomic E-state index is 11.2. The molecule has 2 aromatic rings. The van der Waals surface area contributed by atoms with Crippen LogP contribution in [0.2, 0.25) is 0 Å². The molecule has 0 atom stereocenters. The van der Waals surface area contributed by atoms with Gasteiger partial charge in [0.25, 0.3) is 5.82 Å². The third kappa shape index (κ3) is 2.95. The number of rotatable bonds is 4. The molecule has 1 heterocycles. The van der Waals surface area contributed by atoms with E-state index in [2.05, 4.69) is 14.8 Å². The first-order valence-corrected chi connectivity index (χ1v) is 5.46. The monoisotopic (exact) mass is 260 g/mol. The van der Waals surface area contributed by atoms with Crippen LogP contribution in [0.3, 0.4) is 0 Å². The quantitative estimate of drug-likeness (QED) is 0.792. The second-order valence-electron chi connectivity index (χ2n) is 3.82. The molecule has 0 aliphatic carbocycles. The number of primary amides is 1. The van der Waals surface area contributed by atoms with Crippen molar-refractivity contribution in [1.29, 1.82) is 0 Å². The van der Waals surface area contributed by atoms with Crippen LogP contribution in [0.15, 0.2) is 30.6 Å². The summed E-state index contributed by atoms with van der Waals surface area (Å²) in [5.74, 6) is -1.04. The maximum Gasteiger partial charge on any atom is 0.377 e. The Morgan fingerprint density at radius 2 is 2.00 bits per heavy atom. The highest BCUT2D eigenvalue weighted by molar-refractivity contribution is 5.92. The summed E-state index contributed by atoms with van der Waals surface area (Å²) in [7, 11) is 1.27. The Bertz CT molecular complexity index is 604. The predicted molar refractivity (Wildman–Crippen MR) is 65.4 cm³/mol. The lowest BCUT2D eigenvalue weighted by atomic mass is 10.1. The van der Waals surface area contributed by atoms with Crippen molar-refractivity contribution in [1.82, 2.24) is 14.8 Å². The van der Waals surface area contributed by atoms with Gasteiger partial charge in [0.15, 0.2) is 0 Å². The number of nitrogens with two attached hydrogens (primary N) is 1. The van der Waals surface area contributed by atoms with Crippen molar-refractivity contribution in [3.05, 3.63) is 47.5 Å². The zero-order valence-electron chi connectivity index (χ0n) is 10.2. The molecule has 0 aliphatic heterocycles. The number of hydrogen-bond donors (Lipinski definition) is 1. The van der Waals surface area contributed by atoms with Crippen LogP contribution in [0, 0.1) is 0 Å². The van der Waals surface area contributed by atoms with Crippen molar-refractivity contribution in [2.24, 2.45) is 5.73 Å². The van der Waals surface area contributed by atoms with E-state index in [1.54, 1.807) is 24.3 Å². The molecule has 0 unspecified atom stereocenters. The smallest absolute Gasteiger partial charge is 0.377 e. The van der Waals surface area contributed by atoms with E-state index in [4.69, 9.17) is 5.73 Å². The maximum atomic E-state index is 11.2. The fourth-order valence-electron chi connectivity index (χ4n) is 1.52. The first-order chi connectivity index (χ1) is 9.10. The number of carbonyl (C=O) groups excluding carboxylic acids is 2. The molecule has 0 saturated heterocycles. The molecule has 0 aliphatic rings. The Kier molecular flexibility index (Phi) is 3.56. The van der Waals surface area contributed by atoms with E-state index < -0.39 is 11.9 Å². The van der Waals surface area contributed by atoms with Crippen LogP contribution in [0.1, 0.15) is 26.5 Å². The van der Waals surface area contributed by atoms with Crippen LogP contribution in [0.5, 0.6) is 0 Å². The van der Waals surface area contributed by atoms with Gasteiger partial charge in [-0.05, 0) is 17.7 Å². The lowest BCUT2D eigenvalue weighted by Crippen LogP contribution is -2.11. The number of carbonyl (C=O) groups is 2. The number of hydrogen-bond acceptors (Lipinski definition) is 5. The van der Waals surface area contributed by atoms with Crippen molar-refractivity contribution >= 4 is 11.9 Å². The highest BCUT2D eigenvalue weighted by Crippen LogP contribution is 2.05. The largest absolute Gasteiger partial charge is 0.463 e. The van der Waals surface area contributed by atoms with Crippen LogP contribution < -0.4 is 5.73 Å². The van der Waals surface area contributed by atoms with E-state index >= 15 is 0 Å². The molecule has 0 fully saturated rings. The molecule has 7 nitrogen and oxygen atoms in total. The molecule has 1 amide bonds. The molecule has 1 aromatic heterocycles. The van der Waals surface area contributed by atoms with Crippen molar-refractivity contribution < 1.29 is 14.3 Å². The number of amides is 1. The molecule has 0 radical (unpaired) electrons. The average molecular weight is 260 g/mol. The number of benzene rings is 1. The number of ether oxygens (including phenoxy) is 1. The van der Waals surface area contributed by atoms with Crippen molar-refractivity contribution in [3.63, 3.8) is 0 Å². The van der Waals surface area contributed by atoms with Gasteiger partial charge in [0.1, 0.15) is 6.33 Å². The van der Waals surface area contributed by atoms with Gasteiger partial charge in [0.2, 0.25) is 5.91 Å². The van der Waals surface area contributed by atoms with Gasteiger partial charge in [-0.1, -0.05) is 12.1 Å². The molecule has 98 valence electrons. The highest BCUT2D eigenvalue weighted by atomic mass is 16.5. The highest BCUT2D eigenvalue weighted by Gasteiger charge is 2.11. The van der Waals surface area contributed by atoms with Gasteiger partial charge in [0, 0.05) is 5.56 Å². The van der Waals surface area contributed by atoms with Gasteiger partial charge in [0.05, 0.1) is 13.7 Å². The summed E-state index contributed by atoms with van der Waals surface area (Å²) in [6.07, 6.45) is 1.44. The molecule has 2 rings (SSSR count). The fraction of sp³-hybridized carbons (Fsp3) is 0.167. The Labute approximate surface area is 109 Å². The molecule has 2 N–H and O–H groups in total. The van der Waals surface area contributed by atoms with Crippen molar-refractivity contribution in [3.8, 4) is 0 Å². The van der Waals surface area contributed by atoms with Gasteiger partial charge >= 0.3 is 5.97 Å². The predicted octanol–water partition coefficient (Wildman–Crippen LogP) is 0.212. The standard InChI is InChI=1S/C12H12N4O3/c1-19-12(18)11-14-7-16(15-11)6-8-2-4-9(5-3-8)10(13)17/h2-5,7H,6H2,1H3,(H2,13,17). The number of methoxy groups -OCH3 is 1. The SMILES string of the molecule is COC(=O)c1ncn(Cc2ccc(C(N)=O)cc2)n1. The fourth-order valence-corrected chi connectivity index (χ4v) is 1.52. The van der Waals surface area contributed by atoms with Crippen molar-refractivity contribution in [2.75, 3.05) is 7.11 Å². The summed E-state index contributed by atoms with van der Waals surface area (Å²) >= 11 is 0. The van der Waals surface area contributed by atoms with Gasteiger partial charge in [-0.25, -0.2) is 14.5 Å². The second-order valence-corrected chi connectivity index (χ2v) is 3.82. The number of aromatic nitrogens is 3.